The number of hydrogen-bond donors (Lipinski definition) is 3. The van der Waals surface area contributed by atoms with Gasteiger partial charge in [-0.05, 0) is 37.5 Å². The molecule has 0 bridgehead atoms. The third-order valence-electron chi connectivity index (χ3n) is 7.35. The van der Waals surface area contributed by atoms with Crippen LogP contribution in [-0.2, 0) is 9.59 Å². The molecule has 0 aromatic carbocycles. The number of likely N-dealkylation sites (tertiary alicyclic amines) is 1. The molecule has 2 rings (SSSR count). The molecule has 1 heterocycles. The molecule has 0 spiro atoms. The number of allylic oxidation sites excluding steroid dienone is 1. The Bertz CT molecular complexity index is 687. The highest BCUT2D eigenvalue weighted by atomic mass is 16.3. The van der Waals surface area contributed by atoms with Crippen molar-refractivity contribution in [2.75, 3.05) is 13.6 Å². The molecular weight excluding hydrogens is 406 g/mol. The minimum absolute atomic E-state index is 0.0105. The Balaban J connectivity index is 2.08. The van der Waals surface area contributed by atoms with Gasteiger partial charge < -0.3 is 25.7 Å². The summed E-state index contributed by atoms with van der Waals surface area (Å²) in [5.41, 5.74) is 8.20. The fourth-order valence-corrected chi connectivity index (χ4v) is 4.98. The highest BCUT2D eigenvalue weighted by Crippen LogP contribution is 2.35. The monoisotopic (exact) mass is 451 g/mol. The fraction of sp³-hybridized carbons (Fsp3) is 0.840. The first-order chi connectivity index (χ1) is 15.0. The minimum atomic E-state index is -0.951. The van der Waals surface area contributed by atoms with E-state index in [0.29, 0.717) is 13.0 Å². The molecule has 1 aliphatic heterocycles. The van der Waals surface area contributed by atoms with Crippen LogP contribution in [0.5, 0.6) is 0 Å². The van der Waals surface area contributed by atoms with Crippen molar-refractivity contribution in [1.29, 1.82) is 0 Å². The lowest BCUT2D eigenvalue weighted by atomic mass is 9.90. The molecule has 1 saturated heterocycles. The van der Waals surface area contributed by atoms with Crippen LogP contribution < -0.4 is 5.73 Å². The number of carbonyl (C=O) groups excluding carboxylic acids is 2. The van der Waals surface area contributed by atoms with Crippen molar-refractivity contribution in [2.45, 2.75) is 104 Å². The lowest BCUT2D eigenvalue weighted by Crippen LogP contribution is -2.52. The quantitative estimate of drug-likeness (QED) is 0.448. The van der Waals surface area contributed by atoms with Crippen LogP contribution in [-0.4, -0.2) is 69.7 Å². The van der Waals surface area contributed by atoms with E-state index in [1.807, 2.05) is 34.6 Å². The standard InChI is InChI=1S/C25H45N3O4/c1-7-16(4)24(27(6)21(30)13-15(2)3)20(29)14-22(31)28-12-8-9-19(28)25(32)17(5)23(26)18-10-11-18/h15-17,19-20,24-25,29,32H,7-14,26H2,1-6H3. The molecule has 6 atom stereocenters. The number of carbonyl (C=O) groups is 2. The maximum atomic E-state index is 13.2. The van der Waals surface area contributed by atoms with Gasteiger partial charge in [-0.1, -0.05) is 46.6 Å². The molecule has 2 amide bonds. The molecule has 6 unspecified atom stereocenters. The number of likely N-dealkylation sites (N-methyl/N-ethyl adjacent to an activating group) is 1. The van der Waals surface area contributed by atoms with Gasteiger partial charge in [-0.2, -0.15) is 0 Å². The molecule has 2 fully saturated rings. The van der Waals surface area contributed by atoms with Crippen molar-refractivity contribution in [3.05, 3.63) is 11.3 Å². The average Bonchev–Trinajstić information content (AvgIpc) is 3.47. The zero-order chi connectivity index (χ0) is 24.2. The van der Waals surface area contributed by atoms with Crippen LogP contribution in [0.4, 0.5) is 0 Å². The van der Waals surface area contributed by atoms with E-state index in [-0.39, 0.29) is 42.0 Å². The van der Waals surface area contributed by atoms with Crippen LogP contribution in [0.3, 0.4) is 0 Å². The van der Waals surface area contributed by atoms with Gasteiger partial charge in [-0.25, -0.2) is 0 Å². The van der Waals surface area contributed by atoms with E-state index in [4.69, 9.17) is 5.73 Å². The van der Waals surface area contributed by atoms with Gasteiger partial charge in [0.25, 0.3) is 0 Å². The molecule has 4 N–H and O–H groups in total. The summed E-state index contributed by atoms with van der Waals surface area (Å²) in [5, 5.41) is 22.0. The third-order valence-corrected chi connectivity index (χ3v) is 7.35. The zero-order valence-corrected chi connectivity index (χ0v) is 20.9. The maximum absolute atomic E-state index is 13.2. The Hall–Kier alpha value is -1.60. The van der Waals surface area contributed by atoms with Gasteiger partial charge in [0.2, 0.25) is 11.8 Å². The molecular formula is C25H45N3O4. The summed E-state index contributed by atoms with van der Waals surface area (Å²) in [5.74, 6) is -0.0777. The molecule has 0 radical (unpaired) electrons. The third kappa shape index (κ3) is 6.47. The summed E-state index contributed by atoms with van der Waals surface area (Å²) in [6.07, 6.45) is 3.06. The second kappa shape index (κ2) is 11.5. The molecule has 32 heavy (non-hydrogen) atoms. The van der Waals surface area contributed by atoms with E-state index in [1.54, 1.807) is 16.8 Å². The summed E-state index contributed by atoms with van der Waals surface area (Å²) in [7, 11) is 1.73. The number of aliphatic hydroxyl groups is 2. The number of hydrogen-bond acceptors (Lipinski definition) is 5. The lowest BCUT2D eigenvalue weighted by molar-refractivity contribution is -0.143. The van der Waals surface area contributed by atoms with Crippen molar-refractivity contribution in [3.63, 3.8) is 0 Å². The van der Waals surface area contributed by atoms with Crippen LogP contribution in [0.25, 0.3) is 0 Å². The second-order valence-electron chi connectivity index (χ2n) is 10.4. The molecule has 184 valence electrons. The van der Waals surface area contributed by atoms with Gasteiger partial charge in [-0.15, -0.1) is 0 Å². The van der Waals surface area contributed by atoms with Crippen molar-refractivity contribution >= 4 is 11.8 Å². The smallest absolute Gasteiger partial charge is 0.225 e. The normalized spacial score (nSPS) is 23.0. The van der Waals surface area contributed by atoms with Crippen LogP contribution >= 0.6 is 0 Å². The molecule has 2 aliphatic rings. The first-order valence-corrected chi connectivity index (χ1v) is 12.4. The Kier molecular flexibility index (Phi) is 9.58. The van der Waals surface area contributed by atoms with Gasteiger partial charge in [-0.3, -0.25) is 9.59 Å². The summed E-state index contributed by atoms with van der Waals surface area (Å²) in [6.45, 7) is 10.5. The lowest BCUT2D eigenvalue weighted by Gasteiger charge is -2.38. The summed E-state index contributed by atoms with van der Waals surface area (Å²) in [4.78, 5) is 29.2. The number of nitrogens with zero attached hydrogens (tertiary/aromatic N) is 2. The molecule has 0 aromatic rings. The summed E-state index contributed by atoms with van der Waals surface area (Å²) >= 11 is 0. The number of amides is 2. The number of rotatable bonds is 11. The van der Waals surface area contributed by atoms with Gasteiger partial charge in [0.1, 0.15) is 0 Å². The Labute approximate surface area is 194 Å². The Morgan fingerprint density at radius 3 is 2.31 bits per heavy atom. The Morgan fingerprint density at radius 1 is 1.16 bits per heavy atom. The van der Waals surface area contributed by atoms with Gasteiger partial charge in [0.05, 0.1) is 30.7 Å². The zero-order valence-electron chi connectivity index (χ0n) is 20.9. The molecule has 1 aliphatic carbocycles. The average molecular weight is 452 g/mol. The minimum Gasteiger partial charge on any atom is -0.402 e. The number of aliphatic hydroxyl groups excluding tert-OH is 2. The first-order valence-electron chi connectivity index (χ1n) is 12.4. The van der Waals surface area contributed by atoms with Crippen molar-refractivity contribution in [1.82, 2.24) is 9.80 Å². The highest BCUT2D eigenvalue weighted by molar-refractivity contribution is 5.78. The topological polar surface area (TPSA) is 107 Å². The van der Waals surface area contributed by atoms with Crippen molar-refractivity contribution < 1.29 is 19.8 Å². The van der Waals surface area contributed by atoms with E-state index >= 15 is 0 Å². The SMILES string of the molecule is CCC(C)C(C(O)CC(=O)N1CCCC1C(O)C(C)C(N)=C1CC1)N(C)C(=O)CC(C)C. The summed E-state index contributed by atoms with van der Waals surface area (Å²) < 4.78 is 0. The summed E-state index contributed by atoms with van der Waals surface area (Å²) in [6, 6.07) is -0.708. The van der Waals surface area contributed by atoms with E-state index in [0.717, 1.165) is 37.8 Å². The predicted octanol–water partition coefficient (Wildman–Crippen LogP) is 2.65. The van der Waals surface area contributed by atoms with E-state index in [1.165, 1.54) is 5.57 Å². The van der Waals surface area contributed by atoms with E-state index in [2.05, 4.69) is 0 Å². The Morgan fingerprint density at radius 2 is 1.78 bits per heavy atom. The number of nitrogens with two attached hydrogens (primary N) is 1. The molecule has 7 heteroatoms. The van der Waals surface area contributed by atoms with Crippen LogP contribution in [0.2, 0.25) is 0 Å². The van der Waals surface area contributed by atoms with Crippen molar-refractivity contribution in [3.8, 4) is 0 Å². The predicted molar refractivity (Wildman–Crippen MR) is 126 cm³/mol. The molecule has 7 nitrogen and oxygen atoms in total. The van der Waals surface area contributed by atoms with Gasteiger partial charge in [0.15, 0.2) is 0 Å². The van der Waals surface area contributed by atoms with Crippen LogP contribution in [0.1, 0.15) is 79.6 Å². The van der Waals surface area contributed by atoms with E-state index < -0.39 is 18.2 Å². The highest BCUT2D eigenvalue weighted by Gasteiger charge is 2.40. The van der Waals surface area contributed by atoms with Crippen LogP contribution in [0.15, 0.2) is 11.3 Å². The second-order valence-corrected chi connectivity index (χ2v) is 10.4. The molecule has 0 aromatic heterocycles. The van der Waals surface area contributed by atoms with Gasteiger partial charge >= 0.3 is 0 Å². The van der Waals surface area contributed by atoms with E-state index in [9.17, 15) is 19.8 Å². The van der Waals surface area contributed by atoms with Crippen LogP contribution in [0, 0.1) is 17.8 Å². The molecule has 1 saturated carbocycles. The fourth-order valence-electron chi connectivity index (χ4n) is 4.98. The van der Waals surface area contributed by atoms with Crippen molar-refractivity contribution in [2.24, 2.45) is 23.5 Å². The maximum Gasteiger partial charge on any atom is 0.225 e. The largest absolute Gasteiger partial charge is 0.402 e. The van der Waals surface area contributed by atoms with Gasteiger partial charge in [0, 0.05) is 31.6 Å². The first kappa shape index (κ1) is 26.7.